The van der Waals surface area contributed by atoms with Crippen molar-refractivity contribution in [2.45, 2.75) is 25.0 Å². The van der Waals surface area contributed by atoms with Gasteiger partial charge in [0.05, 0.1) is 38.4 Å². The quantitative estimate of drug-likeness (QED) is 0.784. The zero-order valence-electron chi connectivity index (χ0n) is 15.1. The lowest BCUT2D eigenvalue weighted by Gasteiger charge is -2.50. The number of aromatic nitrogens is 1. The van der Waals surface area contributed by atoms with E-state index in [0.29, 0.717) is 38.5 Å². The molecule has 0 aliphatic carbocycles. The van der Waals surface area contributed by atoms with Crippen LogP contribution in [0.1, 0.15) is 17.7 Å². The van der Waals surface area contributed by atoms with Crippen molar-refractivity contribution in [3.05, 3.63) is 65.7 Å². The molecule has 1 spiro atoms. The third-order valence-corrected chi connectivity index (χ3v) is 5.41. The number of nitrogens with zero attached hydrogens (tertiary/aromatic N) is 2. The Morgan fingerprint density at radius 3 is 2.96 bits per heavy atom. The van der Waals surface area contributed by atoms with Gasteiger partial charge in [0.15, 0.2) is 0 Å². The minimum atomic E-state index is -0.315. The molecule has 5 nitrogen and oxygen atoms in total. The lowest BCUT2D eigenvalue weighted by atomic mass is 9.81. The molecule has 0 radical (unpaired) electrons. The van der Waals surface area contributed by atoms with Crippen LogP contribution in [0, 0.1) is 11.7 Å². The van der Waals surface area contributed by atoms with Crippen LogP contribution in [0.15, 0.2) is 48.7 Å². The van der Waals surface area contributed by atoms with Crippen molar-refractivity contribution in [1.82, 2.24) is 9.88 Å². The van der Waals surface area contributed by atoms with E-state index in [2.05, 4.69) is 4.98 Å². The van der Waals surface area contributed by atoms with Gasteiger partial charge >= 0.3 is 0 Å². The molecule has 0 N–H and O–H groups in total. The highest BCUT2D eigenvalue weighted by molar-refractivity contribution is 5.80. The molecule has 2 saturated heterocycles. The van der Waals surface area contributed by atoms with Crippen LogP contribution in [0.4, 0.5) is 4.39 Å². The molecular weight excluding hydrogens is 347 g/mol. The van der Waals surface area contributed by atoms with E-state index in [1.54, 1.807) is 23.2 Å². The Morgan fingerprint density at radius 2 is 2.19 bits per heavy atom. The molecular formula is C21H23FN2O3. The summed E-state index contributed by atoms with van der Waals surface area (Å²) in [6.07, 6.45) is 2.91. The van der Waals surface area contributed by atoms with Gasteiger partial charge in [0, 0.05) is 18.7 Å². The van der Waals surface area contributed by atoms with E-state index in [1.807, 2.05) is 18.2 Å². The predicted octanol–water partition coefficient (Wildman–Crippen LogP) is 2.60. The van der Waals surface area contributed by atoms with Gasteiger partial charge in [0.1, 0.15) is 11.4 Å². The van der Waals surface area contributed by atoms with Crippen LogP contribution in [0.25, 0.3) is 0 Å². The van der Waals surface area contributed by atoms with Crippen LogP contribution in [-0.4, -0.2) is 47.7 Å². The largest absolute Gasteiger partial charge is 0.375 e. The van der Waals surface area contributed by atoms with Gasteiger partial charge in [-0.2, -0.15) is 0 Å². The van der Waals surface area contributed by atoms with E-state index in [-0.39, 0.29) is 29.7 Å². The van der Waals surface area contributed by atoms with Crippen LogP contribution in [0.5, 0.6) is 0 Å². The molecule has 2 aromatic rings. The van der Waals surface area contributed by atoms with Crippen molar-refractivity contribution in [3.8, 4) is 0 Å². The summed E-state index contributed by atoms with van der Waals surface area (Å²) in [7, 11) is 0. The second-order valence-electron chi connectivity index (χ2n) is 7.29. The molecule has 0 saturated carbocycles. The van der Waals surface area contributed by atoms with E-state index in [0.717, 1.165) is 12.1 Å². The number of carbonyl (C=O) groups excluding carboxylic acids is 1. The highest BCUT2D eigenvalue weighted by Gasteiger charge is 2.54. The van der Waals surface area contributed by atoms with Gasteiger partial charge in [0.2, 0.25) is 5.91 Å². The highest BCUT2D eigenvalue weighted by Crippen LogP contribution is 2.40. The Morgan fingerprint density at radius 1 is 1.30 bits per heavy atom. The maximum absolute atomic E-state index is 13.3. The number of benzene rings is 1. The smallest absolute Gasteiger partial charge is 0.227 e. The minimum Gasteiger partial charge on any atom is -0.375 e. The summed E-state index contributed by atoms with van der Waals surface area (Å²) in [6, 6.07) is 12.0. The minimum absolute atomic E-state index is 0.00915. The lowest BCUT2D eigenvalue weighted by Crippen LogP contribution is -2.66. The van der Waals surface area contributed by atoms with Crippen molar-refractivity contribution >= 4 is 5.91 Å². The highest BCUT2D eigenvalue weighted by atomic mass is 19.1. The number of amides is 1. The van der Waals surface area contributed by atoms with Crippen molar-refractivity contribution in [1.29, 1.82) is 0 Å². The molecule has 0 bridgehead atoms. The monoisotopic (exact) mass is 370 g/mol. The summed E-state index contributed by atoms with van der Waals surface area (Å²) < 4.78 is 25.1. The standard InChI is InChI=1S/C21H23FN2O3/c22-18-5-3-4-16(10-18)11-20(25)24-14-21(15-24)17(7-9-27-21)12-26-13-19-6-1-2-8-23-19/h1-6,8,10,17H,7,9,11-15H2/t17-/m1/s1. The zero-order valence-corrected chi connectivity index (χ0v) is 15.1. The second-order valence-corrected chi connectivity index (χ2v) is 7.29. The molecule has 0 unspecified atom stereocenters. The number of ether oxygens (including phenoxy) is 2. The van der Waals surface area contributed by atoms with E-state index in [9.17, 15) is 9.18 Å². The fourth-order valence-electron chi connectivity index (χ4n) is 3.87. The average molecular weight is 370 g/mol. The Labute approximate surface area is 158 Å². The normalized spacial score (nSPS) is 20.6. The number of hydrogen-bond acceptors (Lipinski definition) is 4. The van der Waals surface area contributed by atoms with Crippen LogP contribution in [-0.2, 0) is 27.3 Å². The molecule has 142 valence electrons. The van der Waals surface area contributed by atoms with Gasteiger partial charge < -0.3 is 14.4 Å². The van der Waals surface area contributed by atoms with E-state index < -0.39 is 0 Å². The number of carbonyl (C=O) groups is 1. The first-order chi connectivity index (χ1) is 13.1. The van der Waals surface area contributed by atoms with Gasteiger partial charge in [-0.25, -0.2) is 4.39 Å². The number of pyridine rings is 1. The fraction of sp³-hybridized carbons (Fsp3) is 0.429. The van der Waals surface area contributed by atoms with Crippen molar-refractivity contribution < 1.29 is 18.7 Å². The summed E-state index contributed by atoms with van der Waals surface area (Å²) in [6.45, 7) is 2.94. The molecule has 1 amide bonds. The molecule has 6 heteroatoms. The lowest BCUT2D eigenvalue weighted by molar-refractivity contribution is -0.168. The number of likely N-dealkylation sites (tertiary alicyclic amines) is 1. The summed E-state index contributed by atoms with van der Waals surface area (Å²) >= 11 is 0. The zero-order chi connectivity index (χ0) is 18.7. The first kappa shape index (κ1) is 18.1. The SMILES string of the molecule is O=C(Cc1cccc(F)c1)N1CC2(C1)OCC[C@@H]2COCc1ccccn1. The third kappa shape index (κ3) is 4.01. The topological polar surface area (TPSA) is 51.7 Å². The van der Waals surface area contributed by atoms with Gasteiger partial charge in [-0.15, -0.1) is 0 Å². The van der Waals surface area contributed by atoms with Crippen molar-refractivity contribution in [2.75, 3.05) is 26.3 Å². The van der Waals surface area contributed by atoms with Gasteiger partial charge in [-0.05, 0) is 36.2 Å². The van der Waals surface area contributed by atoms with Crippen molar-refractivity contribution in [3.63, 3.8) is 0 Å². The van der Waals surface area contributed by atoms with Gasteiger partial charge in [0.25, 0.3) is 0 Å². The van der Waals surface area contributed by atoms with Crippen LogP contribution in [0.3, 0.4) is 0 Å². The molecule has 1 atom stereocenters. The molecule has 2 fully saturated rings. The Balaban J connectivity index is 1.27. The van der Waals surface area contributed by atoms with Crippen LogP contribution >= 0.6 is 0 Å². The number of rotatable bonds is 6. The van der Waals surface area contributed by atoms with E-state index in [1.165, 1.54) is 12.1 Å². The Kier molecular flexibility index (Phi) is 5.18. The van der Waals surface area contributed by atoms with Gasteiger partial charge in [-0.3, -0.25) is 9.78 Å². The molecule has 2 aliphatic rings. The molecule has 4 rings (SSSR count). The van der Waals surface area contributed by atoms with Crippen molar-refractivity contribution in [2.24, 2.45) is 5.92 Å². The molecule has 27 heavy (non-hydrogen) atoms. The molecule has 3 heterocycles. The summed E-state index contributed by atoms with van der Waals surface area (Å²) in [4.78, 5) is 18.5. The summed E-state index contributed by atoms with van der Waals surface area (Å²) in [5, 5.41) is 0. The maximum Gasteiger partial charge on any atom is 0.227 e. The summed E-state index contributed by atoms with van der Waals surface area (Å²) in [5.74, 6) is -0.0288. The number of hydrogen-bond donors (Lipinski definition) is 0. The first-order valence-corrected chi connectivity index (χ1v) is 9.28. The van der Waals surface area contributed by atoms with E-state index in [4.69, 9.17) is 9.47 Å². The first-order valence-electron chi connectivity index (χ1n) is 9.28. The van der Waals surface area contributed by atoms with Crippen LogP contribution < -0.4 is 0 Å². The van der Waals surface area contributed by atoms with E-state index >= 15 is 0 Å². The molecule has 1 aromatic carbocycles. The fourth-order valence-corrected chi connectivity index (χ4v) is 3.87. The third-order valence-electron chi connectivity index (χ3n) is 5.41. The maximum atomic E-state index is 13.3. The Hall–Kier alpha value is -2.31. The second kappa shape index (κ2) is 7.74. The van der Waals surface area contributed by atoms with Gasteiger partial charge in [-0.1, -0.05) is 18.2 Å². The Bertz CT molecular complexity index is 793. The summed E-state index contributed by atoms with van der Waals surface area (Å²) in [5.41, 5.74) is 1.32. The predicted molar refractivity (Wildman–Crippen MR) is 97.4 cm³/mol. The molecule has 1 aromatic heterocycles. The van der Waals surface area contributed by atoms with Crippen LogP contribution in [0.2, 0.25) is 0 Å². The average Bonchev–Trinajstić information content (AvgIpc) is 3.05. The molecule has 2 aliphatic heterocycles. The number of halogens is 1.